The lowest BCUT2D eigenvalue weighted by Crippen LogP contribution is -2.48. The number of ether oxygens (including phenoxy) is 1. The molecular weight excluding hydrogens is 490 g/mol. The quantitative estimate of drug-likeness (QED) is 0.434. The van der Waals surface area contributed by atoms with Crippen LogP contribution in [0.1, 0.15) is 36.5 Å². The molecule has 8 nitrogen and oxygen atoms in total. The number of esters is 1. The Kier molecular flexibility index (Phi) is 8.02. The van der Waals surface area contributed by atoms with E-state index in [0.29, 0.717) is 17.3 Å². The summed E-state index contributed by atoms with van der Waals surface area (Å²) in [6.07, 6.45) is 4.34. The van der Waals surface area contributed by atoms with E-state index >= 15 is 0 Å². The molecule has 2 aliphatic heterocycles. The predicted octanol–water partition coefficient (Wildman–Crippen LogP) is 4.03. The third kappa shape index (κ3) is 5.56. The molecule has 1 aromatic heterocycles. The Morgan fingerprint density at radius 1 is 1.03 bits per heavy atom. The average Bonchev–Trinajstić information content (AvgIpc) is 2.96. The van der Waals surface area contributed by atoms with Crippen molar-refractivity contribution in [1.29, 1.82) is 0 Å². The van der Waals surface area contributed by atoms with Gasteiger partial charge in [-0.2, -0.15) is 4.98 Å². The molecule has 39 heavy (non-hydrogen) atoms. The Hall–Kier alpha value is -4.04. The molecule has 1 saturated heterocycles. The first kappa shape index (κ1) is 26.6. The fourth-order valence-electron chi connectivity index (χ4n) is 5.50. The summed E-state index contributed by atoms with van der Waals surface area (Å²) in [4.78, 5) is 40.2. The Labute approximate surface area is 229 Å². The van der Waals surface area contributed by atoms with E-state index in [1.165, 1.54) is 10.1 Å². The Balaban J connectivity index is 1.47. The molecule has 0 amide bonds. The largest absolute Gasteiger partial charge is 0.465 e. The van der Waals surface area contributed by atoms with Gasteiger partial charge in [-0.05, 0) is 25.0 Å². The molecule has 0 bridgehead atoms. The zero-order valence-corrected chi connectivity index (χ0v) is 22.8. The van der Waals surface area contributed by atoms with Crippen molar-refractivity contribution in [2.75, 3.05) is 44.2 Å². The van der Waals surface area contributed by atoms with E-state index < -0.39 is 5.92 Å². The minimum absolute atomic E-state index is 0.288. The number of carbonyl (C=O) groups is 1. The lowest BCUT2D eigenvalue weighted by molar-refractivity contribution is -0.146. The third-order valence-electron chi connectivity index (χ3n) is 7.51. The molecule has 0 spiro atoms. The van der Waals surface area contributed by atoms with Crippen LogP contribution in [0.5, 0.6) is 0 Å². The normalized spacial score (nSPS) is 19.6. The molecule has 0 aliphatic carbocycles. The zero-order chi connectivity index (χ0) is 27.4. The highest BCUT2D eigenvalue weighted by Gasteiger charge is 2.42. The van der Waals surface area contributed by atoms with Crippen molar-refractivity contribution in [3.8, 4) is 0 Å². The van der Waals surface area contributed by atoms with Crippen molar-refractivity contribution in [3.63, 3.8) is 0 Å². The lowest BCUT2D eigenvalue weighted by Gasteiger charge is -2.39. The summed E-state index contributed by atoms with van der Waals surface area (Å²) in [5, 5.41) is 0. The summed E-state index contributed by atoms with van der Waals surface area (Å²) in [6, 6.07) is 20.2. The Morgan fingerprint density at radius 2 is 1.69 bits per heavy atom. The maximum absolute atomic E-state index is 13.3. The van der Waals surface area contributed by atoms with Gasteiger partial charge in [0.25, 0.3) is 0 Å². The van der Waals surface area contributed by atoms with Crippen molar-refractivity contribution in [2.45, 2.75) is 19.8 Å². The molecule has 5 rings (SSSR count). The number of carbonyl (C=O) groups excluding carboxylic acids is 1. The van der Waals surface area contributed by atoms with Crippen LogP contribution >= 0.6 is 0 Å². The maximum atomic E-state index is 13.3. The highest BCUT2D eigenvalue weighted by molar-refractivity contribution is 6.05. The fraction of sp³-hybridized carbons (Fsp3) is 0.355. The average molecular weight is 526 g/mol. The van der Waals surface area contributed by atoms with Crippen LogP contribution in [0.2, 0.25) is 0 Å². The number of anilines is 1. The van der Waals surface area contributed by atoms with Gasteiger partial charge in [-0.1, -0.05) is 72.8 Å². The van der Waals surface area contributed by atoms with Gasteiger partial charge in [-0.25, -0.2) is 9.79 Å². The third-order valence-corrected chi connectivity index (χ3v) is 7.51. The van der Waals surface area contributed by atoms with Gasteiger partial charge in [0, 0.05) is 57.0 Å². The second kappa shape index (κ2) is 11.8. The molecule has 2 atom stereocenters. The summed E-state index contributed by atoms with van der Waals surface area (Å²) in [7, 11) is 1.69. The topological polar surface area (TPSA) is 80.0 Å². The number of fused-ring (bicyclic) bond motifs is 1. The molecule has 3 heterocycles. The number of rotatable bonds is 7. The Bertz CT molecular complexity index is 1420. The molecule has 2 unspecified atom stereocenters. The van der Waals surface area contributed by atoms with E-state index in [-0.39, 0.29) is 24.2 Å². The first-order valence-corrected chi connectivity index (χ1v) is 13.5. The van der Waals surface area contributed by atoms with Crippen molar-refractivity contribution >= 4 is 29.4 Å². The molecule has 0 radical (unpaired) electrons. The summed E-state index contributed by atoms with van der Waals surface area (Å²) in [5.41, 5.74) is 3.25. The molecule has 3 aromatic rings. The minimum Gasteiger partial charge on any atom is -0.465 e. The number of aliphatic imine (C=N–C) groups is 1. The SMILES string of the molecule is CCOC(=O)C1C(C)=Nc2c(c(N3CCN(CC=Cc4ccccc4)CC3)nc(=O)n2C)C1c1ccccc1. The number of piperazine rings is 1. The fourth-order valence-corrected chi connectivity index (χ4v) is 5.50. The number of hydrogen-bond donors (Lipinski definition) is 0. The van der Waals surface area contributed by atoms with Gasteiger partial charge in [0.15, 0.2) is 0 Å². The molecule has 1 fully saturated rings. The van der Waals surface area contributed by atoms with Crippen LogP contribution in [-0.2, 0) is 16.6 Å². The second-order valence-corrected chi connectivity index (χ2v) is 9.99. The zero-order valence-electron chi connectivity index (χ0n) is 22.8. The number of nitrogens with zero attached hydrogens (tertiary/aromatic N) is 5. The van der Waals surface area contributed by atoms with Crippen LogP contribution in [0.4, 0.5) is 11.6 Å². The van der Waals surface area contributed by atoms with Gasteiger partial charge in [-0.15, -0.1) is 0 Å². The monoisotopic (exact) mass is 525 g/mol. The highest BCUT2D eigenvalue weighted by atomic mass is 16.5. The van der Waals surface area contributed by atoms with Crippen LogP contribution in [0, 0.1) is 5.92 Å². The molecular formula is C31H35N5O3. The molecule has 2 aliphatic rings. The maximum Gasteiger partial charge on any atom is 0.350 e. The summed E-state index contributed by atoms with van der Waals surface area (Å²) < 4.78 is 7.00. The van der Waals surface area contributed by atoms with Crippen molar-refractivity contribution in [2.24, 2.45) is 18.0 Å². The molecule has 2 aromatic carbocycles. The van der Waals surface area contributed by atoms with Gasteiger partial charge in [-0.3, -0.25) is 14.3 Å². The number of hydrogen-bond acceptors (Lipinski definition) is 7. The van der Waals surface area contributed by atoms with E-state index in [0.717, 1.165) is 43.9 Å². The molecule has 0 N–H and O–H groups in total. The van der Waals surface area contributed by atoms with Gasteiger partial charge < -0.3 is 9.64 Å². The van der Waals surface area contributed by atoms with Crippen LogP contribution in [-0.4, -0.2) is 65.5 Å². The van der Waals surface area contributed by atoms with Gasteiger partial charge in [0.1, 0.15) is 17.6 Å². The second-order valence-electron chi connectivity index (χ2n) is 9.99. The van der Waals surface area contributed by atoms with E-state index in [2.05, 4.69) is 39.1 Å². The van der Waals surface area contributed by atoms with Crippen molar-refractivity contribution in [3.05, 3.63) is 93.9 Å². The van der Waals surface area contributed by atoms with Crippen LogP contribution in [0.3, 0.4) is 0 Å². The molecule has 8 heteroatoms. The van der Waals surface area contributed by atoms with Crippen LogP contribution in [0.25, 0.3) is 6.08 Å². The smallest absolute Gasteiger partial charge is 0.350 e. The summed E-state index contributed by atoms with van der Waals surface area (Å²) >= 11 is 0. The van der Waals surface area contributed by atoms with E-state index in [9.17, 15) is 9.59 Å². The van der Waals surface area contributed by atoms with E-state index in [1.54, 1.807) is 7.05 Å². The standard InChI is InChI=1S/C31H35N5O3/c1-4-39-30(37)25-22(2)32-28-27(26(25)24-15-9-6-10-16-24)29(33-31(38)34(28)3)36-20-18-35(19-21-36)17-11-14-23-12-7-5-8-13-23/h5-16,25-26H,4,17-21H2,1-3H3. The first-order valence-electron chi connectivity index (χ1n) is 13.5. The van der Waals surface area contributed by atoms with Crippen LogP contribution < -0.4 is 10.6 Å². The van der Waals surface area contributed by atoms with Crippen LogP contribution in [0.15, 0.2) is 76.5 Å². The molecule has 0 saturated carbocycles. The highest BCUT2D eigenvalue weighted by Crippen LogP contribution is 2.46. The number of benzene rings is 2. The summed E-state index contributed by atoms with van der Waals surface area (Å²) in [6.45, 7) is 7.91. The summed E-state index contributed by atoms with van der Waals surface area (Å²) in [5.74, 6) is -0.0913. The van der Waals surface area contributed by atoms with Gasteiger partial charge >= 0.3 is 11.7 Å². The van der Waals surface area contributed by atoms with E-state index in [4.69, 9.17) is 9.73 Å². The first-order chi connectivity index (χ1) is 19.0. The minimum atomic E-state index is -0.595. The van der Waals surface area contributed by atoms with Crippen molar-refractivity contribution in [1.82, 2.24) is 14.5 Å². The van der Waals surface area contributed by atoms with E-state index in [1.807, 2.05) is 62.4 Å². The van der Waals surface area contributed by atoms with Crippen molar-refractivity contribution < 1.29 is 9.53 Å². The van der Waals surface area contributed by atoms with Gasteiger partial charge in [0.05, 0.1) is 6.61 Å². The van der Waals surface area contributed by atoms with Gasteiger partial charge in [0.2, 0.25) is 0 Å². The predicted molar refractivity (Wildman–Crippen MR) is 155 cm³/mol. The lowest BCUT2D eigenvalue weighted by atomic mass is 9.76. The molecule has 202 valence electrons. The Morgan fingerprint density at radius 3 is 2.36 bits per heavy atom. The number of aromatic nitrogens is 2.